The fraction of sp³-hybridized carbons (Fsp3) is 0.385. The molecule has 0 radical (unpaired) electrons. The second-order valence-electron chi connectivity index (χ2n) is 4.20. The van der Waals surface area contributed by atoms with Gasteiger partial charge in [0.05, 0.1) is 13.2 Å². The fourth-order valence-corrected chi connectivity index (χ4v) is 2.32. The molecule has 102 valence electrons. The number of aromatic nitrogens is 3. The van der Waals surface area contributed by atoms with Crippen LogP contribution < -0.4 is 5.73 Å². The fourth-order valence-electron chi connectivity index (χ4n) is 1.95. The minimum atomic E-state index is 0.365. The lowest BCUT2D eigenvalue weighted by molar-refractivity contribution is 0.186. The van der Waals surface area contributed by atoms with Crippen molar-refractivity contribution >= 4 is 15.9 Å². The Morgan fingerprint density at radius 3 is 2.84 bits per heavy atom. The van der Waals surface area contributed by atoms with Gasteiger partial charge in [0, 0.05) is 23.7 Å². The summed E-state index contributed by atoms with van der Waals surface area (Å²) in [6, 6.07) is 6.04. The van der Waals surface area contributed by atoms with Gasteiger partial charge < -0.3 is 15.0 Å². The van der Waals surface area contributed by atoms with Gasteiger partial charge in [0.1, 0.15) is 5.82 Å². The van der Waals surface area contributed by atoms with Crippen LogP contribution in [0.3, 0.4) is 0 Å². The van der Waals surface area contributed by atoms with Gasteiger partial charge in [-0.3, -0.25) is 0 Å². The Morgan fingerprint density at radius 1 is 1.37 bits per heavy atom. The SMILES string of the molecule is COCCn1c(CN)nnc1-c1cccc(Br)c1C. The number of halogens is 1. The zero-order chi connectivity index (χ0) is 13.8. The highest BCUT2D eigenvalue weighted by molar-refractivity contribution is 9.10. The molecule has 6 heteroatoms. The Kier molecular flexibility index (Phi) is 4.68. The number of hydrogen-bond acceptors (Lipinski definition) is 4. The molecular weight excluding hydrogens is 308 g/mol. The van der Waals surface area contributed by atoms with Crippen molar-refractivity contribution in [2.75, 3.05) is 13.7 Å². The first kappa shape index (κ1) is 14.2. The van der Waals surface area contributed by atoms with E-state index in [2.05, 4.69) is 33.1 Å². The molecule has 1 aromatic heterocycles. The van der Waals surface area contributed by atoms with E-state index in [1.54, 1.807) is 7.11 Å². The molecule has 0 atom stereocenters. The summed E-state index contributed by atoms with van der Waals surface area (Å²) in [6.45, 7) is 3.71. The first-order valence-electron chi connectivity index (χ1n) is 6.05. The van der Waals surface area contributed by atoms with E-state index in [1.807, 2.05) is 22.8 Å². The summed E-state index contributed by atoms with van der Waals surface area (Å²) >= 11 is 3.54. The minimum Gasteiger partial charge on any atom is -0.383 e. The number of nitrogens with zero attached hydrogens (tertiary/aromatic N) is 3. The smallest absolute Gasteiger partial charge is 0.164 e. The monoisotopic (exact) mass is 324 g/mol. The van der Waals surface area contributed by atoms with Crippen LogP contribution in [-0.2, 0) is 17.8 Å². The van der Waals surface area contributed by atoms with E-state index in [0.29, 0.717) is 19.7 Å². The van der Waals surface area contributed by atoms with Crippen LogP contribution >= 0.6 is 15.9 Å². The van der Waals surface area contributed by atoms with Crippen molar-refractivity contribution in [1.82, 2.24) is 14.8 Å². The van der Waals surface area contributed by atoms with E-state index in [9.17, 15) is 0 Å². The Bertz CT molecular complexity index is 568. The highest BCUT2D eigenvalue weighted by Gasteiger charge is 2.15. The van der Waals surface area contributed by atoms with Gasteiger partial charge in [-0.05, 0) is 18.6 Å². The average molecular weight is 325 g/mol. The second kappa shape index (κ2) is 6.27. The second-order valence-corrected chi connectivity index (χ2v) is 5.06. The van der Waals surface area contributed by atoms with E-state index in [-0.39, 0.29) is 0 Å². The van der Waals surface area contributed by atoms with Crippen molar-refractivity contribution < 1.29 is 4.74 Å². The van der Waals surface area contributed by atoms with Crippen LogP contribution in [0.5, 0.6) is 0 Å². The van der Waals surface area contributed by atoms with Gasteiger partial charge in [0.15, 0.2) is 5.82 Å². The molecular formula is C13H17BrN4O. The molecule has 0 bridgehead atoms. The summed E-state index contributed by atoms with van der Waals surface area (Å²) in [6.07, 6.45) is 0. The van der Waals surface area contributed by atoms with Gasteiger partial charge in [0.25, 0.3) is 0 Å². The molecule has 0 aliphatic heterocycles. The Hall–Kier alpha value is -1.24. The Balaban J connectivity index is 2.49. The normalized spacial score (nSPS) is 10.9. The van der Waals surface area contributed by atoms with Crippen LogP contribution in [0.2, 0.25) is 0 Å². The molecule has 1 aromatic carbocycles. The van der Waals surface area contributed by atoms with Crippen LogP contribution in [-0.4, -0.2) is 28.5 Å². The van der Waals surface area contributed by atoms with Crippen LogP contribution in [0.1, 0.15) is 11.4 Å². The van der Waals surface area contributed by atoms with Gasteiger partial charge in [-0.1, -0.05) is 28.1 Å². The predicted octanol–water partition coefficient (Wildman–Crippen LogP) is 2.12. The maximum Gasteiger partial charge on any atom is 0.164 e. The lowest BCUT2D eigenvalue weighted by atomic mass is 10.1. The van der Waals surface area contributed by atoms with E-state index in [4.69, 9.17) is 10.5 Å². The first-order valence-corrected chi connectivity index (χ1v) is 6.85. The largest absolute Gasteiger partial charge is 0.383 e. The molecule has 0 aliphatic rings. The third-order valence-electron chi connectivity index (χ3n) is 3.04. The molecule has 0 saturated heterocycles. The number of rotatable bonds is 5. The highest BCUT2D eigenvalue weighted by Crippen LogP contribution is 2.27. The van der Waals surface area contributed by atoms with Crippen molar-refractivity contribution in [2.45, 2.75) is 20.0 Å². The molecule has 1 heterocycles. The minimum absolute atomic E-state index is 0.365. The number of hydrogen-bond donors (Lipinski definition) is 1. The summed E-state index contributed by atoms with van der Waals surface area (Å²) < 4.78 is 8.20. The molecule has 0 aliphatic carbocycles. The van der Waals surface area contributed by atoms with Crippen molar-refractivity contribution in [3.05, 3.63) is 34.1 Å². The summed E-state index contributed by atoms with van der Waals surface area (Å²) in [5, 5.41) is 8.42. The predicted molar refractivity (Wildman–Crippen MR) is 77.7 cm³/mol. The number of nitrogens with two attached hydrogens (primary N) is 1. The van der Waals surface area contributed by atoms with Crippen molar-refractivity contribution in [3.8, 4) is 11.4 Å². The standard InChI is InChI=1S/C13H17BrN4O/c1-9-10(4-3-5-11(9)14)13-17-16-12(8-15)18(13)6-7-19-2/h3-5H,6-8,15H2,1-2H3. The quantitative estimate of drug-likeness (QED) is 0.914. The van der Waals surface area contributed by atoms with Crippen LogP contribution in [0, 0.1) is 6.92 Å². The zero-order valence-electron chi connectivity index (χ0n) is 11.1. The number of ether oxygens (including phenoxy) is 1. The van der Waals surface area contributed by atoms with Gasteiger partial charge in [-0.2, -0.15) is 0 Å². The lowest BCUT2D eigenvalue weighted by Crippen LogP contribution is -2.13. The van der Waals surface area contributed by atoms with E-state index >= 15 is 0 Å². The van der Waals surface area contributed by atoms with E-state index in [0.717, 1.165) is 27.2 Å². The molecule has 2 rings (SSSR count). The maximum atomic E-state index is 5.71. The highest BCUT2D eigenvalue weighted by atomic mass is 79.9. The van der Waals surface area contributed by atoms with Gasteiger partial charge in [0.2, 0.25) is 0 Å². The third-order valence-corrected chi connectivity index (χ3v) is 3.90. The maximum absolute atomic E-state index is 5.71. The Labute approximate surface area is 120 Å². The summed E-state index contributed by atoms with van der Waals surface area (Å²) in [5.41, 5.74) is 7.90. The van der Waals surface area contributed by atoms with Gasteiger partial charge >= 0.3 is 0 Å². The molecule has 2 N–H and O–H groups in total. The third kappa shape index (κ3) is 2.86. The number of methoxy groups -OCH3 is 1. The Morgan fingerprint density at radius 2 is 2.16 bits per heavy atom. The zero-order valence-corrected chi connectivity index (χ0v) is 12.6. The van der Waals surface area contributed by atoms with Gasteiger partial charge in [-0.15, -0.1) is 10.2 Å². The molecule has 0 amide bonds. The molecule has 0 saturated carbocycles. The first-order chi connectivity index (χ1) is 9.19. The number of benzene rings is 1. The lowest BCUT2D eigenvalue weighted by Gasteiger charge is -2.11. The summed E-state index contributed by atoms with van der Waals surface area (Å²) in [4.78, 5) is 0. The van der Waals surface area contributed by atoms with Crippen LogP contribution in [0.25, 0.3) is 11.4 Å². The van der Waals surface area contributed by atoms with E-state index < -0.39 is 0 Å². The van der Waals surface area contributed by atoms with Crippen LogP contribution in [0.15, 0.2) is 22.7 Å². The van der Waals surface area contributed by atoms with E-state index in [1.165, 1.54) is 0 Å². The molecule has 2 aromatic rings. The molecule has 5 nitrogen and oxygen atoms in total. The average Bonchev–Trinajstić information content (AvgIpc) is 2.82. The van der Waals surface area contributed by atoms with Crippen molar-refractivity contribution in [3.63, 3.8) is 0 Å². The van der Waals surface area contributed by atoms with Crippen LogP contribution in [0.4, 0.5) is 0 Å². The van der Waals surface area contributed by atoms with Crippen molar-refractivity contribution in [1.29, 1.82) is 0 Å². The molecule has 0 unspecified atom stereocenters. The van der Waals surface area contributed by atoms with Gasteiger partial charge in [-0.25, -0.2) is 0 Å². The topological polar surface area (TPSA) is 66.0 Å². The summed E-state index contributed by atoms with van der Waals surface area (Å²) in [5.74, 6) is 1.60. The summed E-state index contributed by atoms with van der Waals surface area (Å²) in [7, 11) is 1.68. The molecule has 0 spiro atoms. The molecule has 0 fully saturated rings. The van der Waals surface area contributed by atoms with Crippen molar-refractivity contribution in [2.24, 2.45) is 5.73 Å². The molecule has 19 heavy (non-hydrogen) atoms.